The summed E-state index contributed by atoms with van der Waals surface area (Å²) < 4.78 is 17.0. The zero-order valence-electron chi connectivity index (χ0n) is 18.6. The second-order valence-corrected chi connectivity index (χ2v) is 7.87. The number of hydrogen-bond acceptors (Lipinski definition) is 7. The molecule has 1 aromatic carbocycles. The van der Waals surface area contributed by atoms with Gasteiger partial charge in [-0.1, -0.05) is 31.5 Å². The first-order valence-electron chi connectivity index (χ1n) is 10.9. The number of esters is 1. The van der Waals surface area contributed by atoms with Gasteiger partial charge in [0, 0.05) is 12.3 Å². The molecule has 8 heteroatoms. The first-order valence-corrected chi connectivity index (χ1v) is 10.9. The normalized spacial score (nSPS) is 23.8. The molecule has 0 bridgehead atoms. The van der Waals surface area contributed by atoms with Crippen LogP contribution in [-0.4, -0.2) is 47.3 Å². The van der Waals surface area contributed by atoms with Crippen molar-refractivity contribution in [1.82, 2.24) is 10.3 Å². The summed E-state index contributed by atoms with van der Waals surface area (Å²) in [5.74, 6) is -0.535. The zero-order chi connectivity index (χ0) is 23.1. The molecule has 1 aliphatic heterocycles. The number of nitrogens with one attached hydrogen (secondary N) is 1. The lowest BCUT2D eigenvalue weighted by atomic mass is 9.90. The van der Waals surface area contributed by atoms with Gasteiger partial charge in [-0.25, -0.2) is 9.78 Å². The monoisotopic (exact) mass is 442 g/mol. The van der Waals surface area contributed by atoms with Gasteiger partial charge in [0.05, 0.1) is 7.11 Å². The Labute approximate surface area is 187 Å². The van der Waals surface area contributed by atoms with Crippen LogP contribution < -0.4 is 14.8 Å². The average molecular weight is 443 g/mol. The van der Waals surface area contributed by atoms with E-state index < -0.39 is 24.0 Å². The van der Waals surface area contributed by atoms with E-state index in [2.05, 4.69) is 17.2 Å². The molecule has 32 heavy (non-hydrogen) atoms. The summed E-state index contributed by atoms with van der Waals surface area (Å²) >= 11 is 0. The van der Waals surface area contributed by atoms with Gasteiger partial charge < -0.3 is 24.6 Å². The van der Waals surface area contributed by atoms with Crippen LogP contribution in [0.2, 0.25) is 0 Å². The van der Waals surface area contributed by atoms with Gasteiger partial charge in [0.15, 0.2) is 17.2 Å². The molecule has 1 aliphatic rings. The average Bonchev–Trinajstić information content (AvgIpc) is 2.84. The van der Waals surface area contributed by atoms with E-state index >= 15 is 0 Å². The Hall–Kier alpha value is -3.29. The summed E-state index contributed by atoms with van der Waals surface area (Å²) in [6.45, 7) is 3.91. The summed E-state index contributed by atoms with van der Waals surface area (Å²) in [5, 5.41) is 12.9. The maximum absolute atomic E-state index is 12.9. The number of rotatable bonds is 6. The number of aromatic nitrogens is 1. The molecule has 1 saturated heterocycles. The molecular weight excluding hydrogens is 412 g/mol. The number of aromatic hydroxyl groups is 1. The summed E-state index contributed by atoms with van der Waals surface area (Å²) in [5.41, 5.74) is -0.207. The van der Waals surface area contributed by atoms with Crippen molar-refractivity contribution in [3.05, 3.63) is 48.3 Å². The van der Waals surface area contributed by atoms with E-state index in [0.717, 1.165) is 18.6 Å². The summed E-state index contributed by atoms with van der Waals surface area (Å²) in [6.07, 6.45) is 3.36. The standard InChI is InChI=1S/C24H30N2O6/c1-4-16-9-8-12-18(26-23(28)20-21(27)19(30-3)13-14-25-20)24(29)31-15(2)22(16)32-17-10-6-5-7-11-17/h5-7,10-11,13-16,18,22,27H,4,8-9,12H2,1-3H3,(H,26,28). The minimum absolute atomic E-state index is 0.127. The second kappa shape index (κ2) is 10.8. The number of amides is 1. The van der Waals surface area contributed by atoms with Crippen LogP contribution in [0.25, 0.3) is 0 Å². The van der Waals surface area contributed by atoms with Gasteiger partial charge in [0.1, 0.15) is 24.0 Å². The molecule has 3 rings (SSSR count). The lowest BCUT2D eigenvalue weighted by molar-refractivity contribution is -0.156. The third-order valence-corrected chi connectivity index (χ3v) is 5.75. The zero-order valence-corrected chi connectivity index (χ0v) is 18.6. The van der Waals surface area contributed by atoms with Crippen LogP contribution in [0.4, 0.5) is 0 Å². The van der Waals surface area contributed by atoms with E-state index in [4.69, 9.17) is 14.2 Å². The summed E-state index contributed by atoms with van der Waals surface area (Å²) in [7, 11) is 1.38. The number of ether oxygens (including phenoxy) is 3. The number of hydrogen-bond donors (Lipinski definition) is 2. The van der Waals surface area contributed by atoms with Crippen LogP contribution in [0.3, 0.4) is 0 Å². The highest BCUT2D eigenvalue weighted by molar-refractivity contribution is 5.97. The third-order valence-electron chi connectivity index (χ3n) is 5.75. The van der Waals surface area contributed by atoms with Crippen molar-refractivity contribution in [2.24, 2.45) is 5.92 Å². The predicted octanol–water partition coefficient (Wildman–Crippen LogP) is 3.48. The Bertz CT molecular complexity index is 920. The quantitative estimate of drug-likeness (QED) is 0.660. The fourth-order valence-corrected chi connectivity index (χ4v) is 3.99. The number of nitrogens with zero attached hydrogens (tertiary/aromatic N) is 1. The fourth-order valence-electron chi connectivity index (χ4n) is 3.99. The number of cyclic esters (lactones) is 1. The molecule has 1 fully saturated rings. The molecule has 2 aromatic rings. The van der Waals surface area contributed by atoms with Crippen LogP contribution in [0.1, 0.15) is 50.0 Å². The highest BCUT2D eigenvalue weighted by Crippen LogP contribution is 2.29. The number of pyridine rings is 1. The number of carbonyl (C=O) groups excluding carboxylic acids is 2. The van der Waals surface area contributed by atoms with Gasteiger partial charge in [-0.15, -0.1) is 0 Å². The number of para-hydroxylation sites is 1. The fraction of sp³-hybridized carbons (Fsp3) is 0.458. The minimum atomic E-state index is -0.856. The second-order valence-electron chi connectivity index (χ2n) is 7.87. The molecule has 0 radical (unpaired) electrons. The molecule has 1 aromatic heterocycles. The highest BCUT2D eigenvalue weighted by atomic mass is 16.6. The number of benzene rings is 1. The molecule has 0 aliphatic carbocycles. The van der Waals surface area contributed by atoms with E-state index in [-0.39, 0.29) is 29.2 Å². The van der Waals surface area contributed by atoms with Gasteiger partial charge in [-0.2, -0.15) is 0 Å². The Balaban J connectivity index is 1.75. The molecular formula is C24H30N2O6. The van der Waals surface area contributed by atoms with E-state index in [9.17, 15) is 14.7 Å². The molecule has 4 unspecified atom stereocenters. The Kier molecular flexibility index (Phi) is 7.92. The molecule has 1 amide bonds. The van der Waals surface area contributed by atoms with Gasteiger partial charge in [-0.05, 0) is 44.2 Å². The lowest BCUT2D eigenvalue weighted by Gasteiger charge is -2.31. The van der Waals surface area contributed by atoms with Crippen molar-refractivity contribution < 1.29 is 28.9 Å². The largest absolute Gasteiger partial charge is 0.503 e. The van der Waals surface area contributed by atoms with E-state index in [1.807, 2.05) is 37.3 Å². The van der Waals surface area contributed by atoms with Crippen molar-refractivity contribution in [1.29, 1.82) is 0 Å². The van der Waals surface area contributed by atoms with Crippen molar-refractivity contribution in [2.45, 2.75) is 57.8 Å². The SMILES string of the molecule is CCC1CCCC(NC(=O)c2nccc(OC)c2O)C(=O)OC(C)C1Oc1ccccc1. The maximum atomic E-state index is 12.9. The lowest BCUT2D eigenvalue weighted by Crippen LogP contribution is -2.45. The number of carbonyl (C=O) groups is 2. The summed E-state index contributed by atoms with van der Waals surface area (Å²) in [6, 6.07) is 10.1. The highest BCUT2D eigenvalue weighted by Gasteiger charge is 2.35. The van der Waals surface area contributed by atoms with Crippen molar-refractivity contribution >= 4 is 11.9 Å². The summed E-state index contributed by atoms with van der Waals surface area (Å²) in [4.78, 5) is 29.5. The van der Waals surface area contributed by atoms with Crippen molar-refractivity contribution in [3.63, 3.8) is 0 Å². The van der Waals surface area contributed by atoms with Crippen LogP contribution >= 0.6 is 0 Å². The minimum Gasteiger partial charge on any atom is -0.503 e. The van der Waals surface area contributed by atoms with E-state index in [0.29, 0.717) is 12.8 Å². The van der Waals surface area contributed by atoms with Crippen LogP contribution in [0.5, 0.6) is 17.2 Å². The van der Waals surface area contributed by atoms with Gasteiger partial charge >= 0.3 is 5.97 Å². The van der Waals surface area contributed by atoms with Crippen LogP contribution in [-0.2, 0) is 9.53 Å². The van der Waals surface area contributed by atoms with Crippen molar-refractivity contribution in [2.75, 3.05) is 7.11 Å². The van der Waals surface area contributed by atoms with Crippen LogP contribution in [0.15, 0.2) is 42.6 Å². The van der Waals surface area contributed by atoms with Gasteiger partial charge in [0.2, 0.25) is 0 Å². The van der Waals surface area contributed by atoms with E-state index in [1.54, 1.807) is 0 Å². The first kappa shape index (κ1) is 23.4. The molecule has 2 heterocycles. The topological polar surface area (TPSA) is 107 Å². The van der Waals surface area contributed by atoms with Gasteiger partial charge in [0.25, 0.3) is 5.91 Å². The maximum Gasteiger partial charge on any atom is 0.329 e. The van der Waals surface area contributed by atoms with Crippen LogP contribution in [0, 0.1) is 5.92 Å². The predicted molar refractivity (Wildman–Crippen MR) is 118 cm³/mol. The number of methoxy groups -OCH3 is 1. The molecule has 0 spiro atoms. The van der Waals surface area contributed by atoms with Crippen molar-refractivity contribution in [3.8, 4) is 17.2 Å². The third kappa shape index (κ3) is 5.49. The first-order chi connectivity index (χ1) is 15.4. The Morgan fingerprint density at radius 2 is 2.00 bits per heavy atom. The van der Waals surface area contributed by atoms with Gasteiger partial charge in [-0.3, -0.25) is 4.79 Å². The smallest absolute Gasteiger partial charge is 0.329 e. The Morgan fingerprint density at radius 1 is 1.25 bits per heavy atom. The molecule has 0 saturated carbocycles. The molecule has 4 atom stereocenters. The molecule has 172 valence electrons. The molecule has 2 N–H and O–H groups in total. The molecule has 8 nitrogen and oxygen atoms in total. The Morgan fingerprint density at radius 3 is 2.69 bits per heavy atom. The van der Waals surface area contributed by atoms with E-state index in [1.165, 1.54) is 19.4 Å².